The number of hydrogen-bond acceptors (Lipinski definition) is 2. The molecule has 0 unspecified atom stereocenters. The maximum Gasteiger partial charge on any atom is 0.160 e. The monoisotopic (exact) mass is 128 g/mol. The van der Waals surface area contributed by atoms with E-state index < -0.39 is 0 Å². The van der Waals surface area contributed by atoms with Gasteiger partial charge in [-0.05, 0) is 19.3 Å². The van der Waals surface area contributed by atoms with Gasteiger partial charge in [0.2, 0.25) is 0 Å². The molecule has 2 heteroatoms. The molecule has 2 atom stereocenters. The first-order valence-electron chi connectivity index (χ1n) is 3.70. The Hall–Kier alpha value is -0.0800. The van der Waals surface area contributed by atoms with Crippen LogP contribution >= 0.6 is 0 Å². The number of fused-ring (bicyclic) bond motifs is 1. The molecule has 2 nitrogen and oxygen atoms in total. The molecule has 0 spiro atoms. The minimum Gasteiger partial charge on any atom is -0.352 e. The fourth-order valence-corrected chi connectivity index (χ4v) is 1.62. The van der Waals surface area contributed by atoms with Gasteiger partial charge in [0.05, 0.1) is 6.61 Å². The molecular weight excluding hydrogens is 116 g/mol. The molecule has 0 aliphatic carbocycles. The van der Waals surface area contributed by atoms with E-state index in [1.54, 1.807) is 0 Å². The van der Waals surface area contributed by atoms with Crippen LogP contribution in [-0.4, -0.2) is 19.5 Å². The van der Waals surface area contributed by atoms with Crippen LogP contribution in [0.1, 0.15) is 19.3 Å². The van der Waals surface area contributed by atoms with Crippen LogP contribution in [0.15, 0.2) is 0 Å². The van der Waals surface area contributed by atoms with Gasteiger partial charge in [-0.1, -0.05) is 0 Å². The van der Waals surface area contributed by atoms with Crippen LogP contribution in [0.25, 0.3) is 0 Å². The Labute approximate surface area is 55.1 Å². The molecule has 2 aliphatic rings. The van der Waals surface area contributed by atoms with Crippen LogP contribution in [0.4, 0.5) is 0 Å². The second-order valence-corrected chi connectivity index (χ2v) is 2.80. The van der Waals surface area contributed by atoms with E-state index in [0.717, 1.165) is 19.1 Å². The molecule has 0 amide bonds. The fraction of sp³-hybridized carbons (Fsp3) is 1.00. The second kappa shape index (κ2) is 2.27. The van der Waals surface area contributed by atoms with Gasteiger partial charge in [-0.3, -0.25) is 0 Å². The third-order valence-electron chi connectivity index (χ3n) is 2.16. The van der Waals surface area contributed by atoms with Crippen LogP contribution < -0.4 is 0 Å². The predicted molar refractivity (Wildman–Crippen MR) is 33.0 cm³/mol. The molecule has 0 aromatic heterocycles. The fourth-order valence-electron chi connectivity index (χ4n) is 1.62. The third-order valence-corrected chi connectivity index (χ3v) is 2.16. The lowest BCUT2D eigenvalue weighted by atomic mass is 10.00. The van der Waals surface area contributed by atoms with Crippen molar-refractivity contribution in [2.45, 2.75) is 25.6 Å². The van der Waals surface area contributed by atoms with Crippen molar-refractivity contribution in [3.8, 4) is 0 Å². The van der Waals surface area contributed by atoms with Crippen molar-refractivity contribution in [2.75, 3.05) is 13.2 Å². The third kappa shape index (κ3) is 0.970. The van der Waals surface area contributed by atoms with Gasteiger partial charge < -0.3 is 9.47 Å². The van der Waals surface area contributed by atoms with Crippen molar-refractivity contribution in [1.29, 1.82) is 0 Å². The minimum atomic E-state index is 0.166. The normalized spacial score (nSPS) is 42.7. The summed E-state index contributed by atoms with van der Waals surface area (Å²) in [7, 11) is 0. The van der Waals surface area contributed by atoms with Crippen molar-refractivity contribution in [2.24, 2.45) is 5.92 Å². The van der Waals surface area contributed by atoms with Gasteiger partial charge in [-0.25, -0.2) is 0 Å². The summed E-state index contributed by atoms with van der Waals surface area (Å²) in [5.41, 5.74) is 0. The molecular formula is C7H12O2. The maximum absolute atomic E-state index is 5.38. The zero-order chi connectivity index (χ0) is 6.10. The smallest absolute Gasteiger partial charge is 0.160 e. The SMILES string of the molecule is C1CO[C@H]2OCC[C@H]2C1. The maximum atomic E-state index is 5.38. The highest BCUT2D eigenvalue weighted by Gasteiger charge is 2.30. The number of hydrogen-bond donors (Lipinski definition) is 0. The van der Waals surface area contributed by atoms with E-state index >= 15 is 0 Å². The average molecular weight is 128 g/mol. The Morgan fingerprint density at radius 1 is 1.00 bits per heavy atom. The summed E-state index contributed by atoms with van der Waals surface area (Å²) in [5, 5.41) is 0. The molecule has 9 heavy (non-hydrogen) atoms. The van der Waals surface area contributed by atoms with E-state index in [-0.39, 0.29) is 6.29 Å². The van der Waals surface area contributed by atoms with E-state index in [4.69, 9.17) is 9.47 Å². The highest BCUT2D eigenvalue weighted by Crippen LogP contribution is 2.29. The summed E-state index contributed by atoms with van der Waals surface area (Å²) in [6.45, 7) is 1.82. The predicted octanol–water partition coefficient (Wildman–Crippen LogP) is 1.16. The molecule has 2 heterocycles. The average Bonchev–Trinajstić information content (AvgIpc) is 2.33. The summed E-state index contributed by atoms with van der Waals surface area (Å²) in [4.78, 5) is 0. The first kappa shape index (κ1) is 5.69. The first-order chi connectivity index (χ1) is 4.47. The van der Waals surface area contributed by atoms with Gasteiger partial charge in [0, 0.05) is 12.5 Å². The van der Waals surface area contributed by atoms with Gasteiger partial charge in [0.1, 0.15) is 0 Å². The van der Waals surface area contributed by atoms with Gasteiger partial charge in [0.15, 0.2) is 6.29 Å². The summed E-state index contributed by atoms with van der Waals surface area (Å²) >= 11 is 0. The van der Waals surface area contributed by atoms with E-state index in [1.165, 1.54) is 19.3 Å². The van der Waals surface area contributed by atoms with Crippen molar-refractivity contribution in [1.82, 2.24) is 0 Å². The molecule has 2 fully saturated rings. The zero-order valence-electron chi connectivity index (χ0n) is 5.51. The highest BCUT2D eigenvalue weighted by molar-refractivity contribution is 4.72. The Kier molecular flexibility index (Phi) is 1.44. The van der Waals surface area contributed by atoms with Crippen molar-refractivity contribution in [3.63, 3.8) is 0 Å². The molecule has 2 rings (SSSR count). The molecule has 52 valence electrons. The molecule has 0 bridgehead atoms. The molecule has 2 saturated heterocycles. The van der Waals surface area contributed by atoms with Crippen LogP contribution in [0.3, 0.4) is 0 Å². The van der Waals surface area contributed by atoms with Crippen LogP contribution in [0, 0.1) is 5.92 Å². The van der Waals surface area contributed by atoms with E-state index in [9.17, 15) is 0 Å². The molecule has 0 aromatic rings. The number of rotatable bonds is 0. The van der Waals surface area contributed by atoms with Crippen LogP contribution in [0.2, 0.25) is 0 Å². The molecule has 0 radical (unpaired) electrons. The summed E-state index contributed by atoms with van der Waals surface area (Å²) < 4.78 is 10.7. The first-order valence-corrected chi connectivity index (χ1v) is 3.70. The topological polar surface area (TPSA) is 18.5 Å². The lowest BCUT2D eigenvalue weighted by Gasteiger charge is -2.23. The van der Waals surface area contributed by atoms with Crippen LogP contribution in [0.5, 0.6) is 0 Å². The Balaban J connectivity index is 1.97. The van der Waals surface area contributed by atoms with Gasteiger partial charge in [0.25, 0.3) is 0 Å². The van der Waals surface area contributed by atoms with E-state index in [0.29, 0.717) is 0 Å². The highest BCUT2D eigenvalue weighted by atomic mass is 16.7. The summed E-state index contributed by atoms with van der Waals surface area (Å²) in [6.07, 6.45) is 3.92. The molecule has 0 saturated carbocycles. The largest absolute Gasteiger partial charge is 0.352 e. The van der Waals surface area contributed by atoms with Gasteiger partial charge in [-0.2, -0.15) is 0 Å². The Morgan fingerprint density at radius 3 is 2.78 bits per heavy atom. The standard InChI is InChI=1S/C7H12O2/c1-2-6-3-5-9-7(6)8-4-1/h6-7H,1-5H2/t6-,7+/m1/s1. The van der Waals surface area contributed by atoms with Gasteiger partial charge >= 0.3 is 0 Å². The van der Waals surface area contributed by atoms with Crippen molar-refractivity contribution >= 4 is 0 Å². The minimum absolute atomic E-state index is 0.166. The summed E-state index contributed by atoms with van der Waals surface area (Å²) in [5.74, 6) is 0.721. The van der Waals surface area contributed by atoms with Gasteiger partial charge in [-0.15, -0.1) is 0 Å². The Morgan fingerprint density at radius 2 is 1.89 bits per heavy atom. The Bertz CT molecular complexity index is 91.1. The zero-order valence-corrected chi connectivity index (χ0v) is 5.51. The molecule has 0 aromatic carbocycles. The number of ether oxygens (including phenoxy) is 2. The van der Waals surface area contributed by atoms with Crippen molar-refractivity contribution in [3.05, 3.63) is 0 Å². The van der Waals surface area contributed by atoms with Crippen molar-refractivity contribution < 1.29 is 9.47 Å². The second-order valence-electron chi connectivity index (χ2n) is 2.80. The summed E-state index contributed by atoms with van der Waals surface area (Å²) in [6, 6.07) is 0. The lowest BCUT2D eigenvalue weighted by Crippen LogP contribution is -2.25. The van der Waals surface area contributed by atoms with E-state index in [2.05, 4.69) is 0 Å². The van der Waals surface area contributed by atoms with Crippen LogP contribution in [-0.2, 0) is 9.47 Å². The lowest BCUT2D eigenvalue weighted by molar-refractivity contribution is -0.150. The quantitative estimate of drug-likeness (QED) is 0.487. The van der Waals surface area contributed by atoms with E-state index in [1.807, 2.05) is 0 Å². The molecule has 0 N–H and O–H groups in total. The molecule has 2 aliphatic heterocycles.